The molecular weight excluding hydrogens is 290 g/mol. The Labute approximate surface area is 130 Å². The fourth-order valence-corrected chi connectivity index (χ4v) is 2.36. The third kappa shape index (κ3) is 6.01. The van der Waals surface area contributed by atoms with Crippen molar-refractivity contribution in [3.8, 4) is 0 Å². The number of hydrogen-bond acceptors (Lipinski definition) is 4. The minimum Gasteiger partial charge on any atom is -0.379 e. The summed E-state index contributed by atoms with van der Waals surface area (Å²) in [5.41, 5.74) is 0.931. The number of nitrogens with zero attached hydrogens (tertiary/aromatic N) is 1. The molecule has 0 atom stereocenters. The predicted molar refractivity (Wildman–Crippen MR) is 83.4 cm³/mol. The Kier molecular flexibility index (Phi) is 6.95. The van der Waals surface area contributed by atoms with Crippen molar-refractivity contribution in [1.29, 1.82) is 0 Å². The molecule has 0 saturated carbocycles. The number of morpholine rings is 1. The Bertz CT molecular complexity index is 450. The molecule has 1 saturated heterocycles. The van der Waals surface area contributed by atoms with Gasteiger partial charge in [-0.25, -0.2) is 0 Å². The van der Waals surface area contributed by atoms with Gasteiger partial charge in [0, 0.05) is 37.7 Å². The second kappa shape index (κ2) is 9.00. The van der Waals surface area contributed by atoms with E-state index in [1.165, 1.54) is 0 Å². The molecule has 1 amide bonds. The third-order valence-electron chi connectivity index (χ3n) is 3.43. The minimum absolute atomic E-state index is 0.0168. The van der Waals surface area contributed by atoms with Crippen LogP contribution >= 0.6 is 11.6 Å². The number of carbonyl (C=O) groups is 1. The van der Waals surface area contributed by atoms with Crippen molar-refractivity contribution in [2.75, 3.05) is 45.9 Å². The van der Waals surface area contributed by atoms with E-state index in [4.69, 9.17) is 16.3 Å². The lowest BCUT2D eigenvalue weighted by Gasteiger charge is -2.26. The Balaban J connectivity index is 1.56. The third-order valence-corrected chi connectivity index (χ3v) is 3.80. The summed E-state index contributed by atoms with van der Waals surface area (Å²) >= 11 is 6.04. The van der Waals surface area contributed by atoms with Crippen molar-refractivity contribution in [2.24, 2.45) is 0 Å². The fraction of sp³-hybridized carbons (Fsp3) is 0.533. The number of nitrogens with one attached hydrogen (secondary N) is 2. The standard InChI is InChI=1S/C15H22ClN3O2/c16-14-4-2-1-3-13(14)11-18-15(20)12-17-5-6-19-7-9-21-10-8-19/h1-4,17H,5-12H2,(H,18,20). The van der Waals surface area contributed by atoms with E-state index < -0.39 is 0 Å². The maximum atomic E-state index is 11.7. The second-order valence-corrected chi connectivity index (χ2v) is 5.41. The molecule has 1 fully saturated rings. The normalized spacial score (nSPS) is 15.9. The number of benzene rings is 1. The Hall–Kier alpha value is -1.14. The molecule has 2 rings (SSSR count). The van der Waals surface area contributed by atoms with E-state index in [1.807, 2.05) is 24.3 Å². The molecule has 0 unspecified atom stereocenters. The molecule has 0 aromatic heterocycles. The van der Waals surface area contributed by atoms with Crippen molar-refractivity contribution in [2.45, 2.75) is 6.54 Å². The van der Waals surface area contributed by atoms with Gasteiger partial charge in [-0.3, -0.25) is 9.69 Å². The number of rotatable bonds is 7. The van der Waals surface area contributed by atoms with Gasteiger partial charge < -0.3 is 15.4 Å². The highest BCUT2D eigenvalue weighted by atomic mass is 35.5. The largest absolute Gasteiger partial charge is 0.379 e. The summed E-state index contributed by atoms with van der Waals surface area (Å²) in [5.74, 6) is -0.0168. The van der Waals surface area contributed by atoms with Gasteiger partial charge in [0.05, 0.1) is 19.8 Å². The van der Waals surface area contributed by atoms with Crippen LogP contribution in [0.2, 0.25) is 5.02 Å². The average Bonchev–Trinajstić information content (AvgIpc) is 2.52. The first-order valence-electron chi connectivity index (χ1n) is 7.26. The first-order valence-corrected chi connectivity index (χ1v) is 7.64. The maximum absolute atomic E-state index is 11.7. The van der Waals surface area contributed by atoms with Gasteiger partial charge in [-0.1, -0.05) is 29.8 Å². The summed E-state index contributed by atoms with van der Waals surface area (Å²) in [6.07, 6.45) is 0. The lowest BCUT2D eigenvalue weighted by atomic mass is 10.2. The quantitative estimate of drug-likeness (QED) is 0.734. The van der Waals surface area contributed by atoms with E-state index in [9.17, 15) is 4.79 Å². The van der Waals surface area contributed by atoms with E-state index in [1.54, 1.807) is 0 Å². The number of halogens is 1. The van der Waals surface area contributed by atoms with Crippen LogP contribution in [0, 0.1) is 0 Å². The smallest absolute Gasteiger partial charge is 0.234 e. The van der Waals surface area contributed by atoms with Crippen LogP contribution in [0.25, 0.3) is 0 Å². The summed E-state index contributed by atoms with van der Waals surface area (Å²) < 4.78 is 5.29. The van der Waals surface area contributed by atoms with Crippen LogP contribution in [0.3, 0.4) is 0 Å². The van der Waals surface area contributed by atoms with Gasteiger partial charge in [0.2, 0.25) is 5.91 Å². The summed E-state index contributed by atoms with van der Waals surface area (Å²) in [7, 11) is 0. The summed E-state index contributed by atoms with van der Waals surface area (Å²) in [5, 5.41) is 6.69. The topological polar surface area (TPSA) is 53.6 Å². The highest BCUT2D eigenvalue weighted by Crippen LogP contribution is 2.13. The Morgan fingerprint density at radius 2 is 2.05 bits per heavy atom. The van der Waals surface area contributed by atoms with Crippen LogP contribution in [0.4, 0.5) is 0 Å². The van der Waals surface area contributed by atoms with Crippen LogP contribution in [0.15, 0.2) is 24.3 Å². The van der Waals surface area contributed by atoms with Crippen LogP contribution < -0.4 is 10.6 Å². The predicted octanol–water partition coefficient (Wildman–Crippen LogP) is 0.878. The van der Waals surface area contributed by atoms with Gasteiger partial charge >= 0.3 is 0 Å². The van der Waals surface area contributed by atoms with Gasteiger partial charge in [0.25, 0.3) is 0 Å². The van der Waals surface area contributed by atoms with Gasteiger partial charge in [-0.15, -0.1) is 0 Å². The molecule has 1 heterocycles. The summed E-state index contributed by atoms with van der Waals surface area (Å²) in [4.78, 5) is 14.1. The van der Waals surface area contributed by atoms with Gasteiger partial charge in [0.1, 0.15) is 0 Å². The van der Waals surface area contributed by atoms with Crippen LogP contribution in [-0.2, 0) is 16.1 Å². The first kappa shape index (κ1) is 16.2. The molecule has 1 aromatic carbocycles. The summed E-state index contributed by atoms with van der Waals surface area (Å²) in [6, 6.07) is 7.52. The number of ether oxygens (including phenoxy) is 1. The molecule has 0 spiro atoms. The first-order chi connectivity index (χ1) is 10.3. The lowest BCUT2D eigenvalue weighted by Crippen LogP contribution is -2.42. The zero-order valence-electron chi connectivity index (χ0n) is 12.1. The molecule has 5 nitrogen and oxygen atoms in total. The minimum atomic E-state index is -0.0168. The van der Waals surface area contributed by atoms with Gasteiger partial charge in [-0.2, -0.15) is 0 Å². The molecule has 116 valence electrons. The van der Waals surface area contributed by atoms with Crippen molar-refractivity contribution < 1.29 is 9.53 Å². The van der Waals surface area contributed by atoms with Crippen LogP contribution in [-0.4, -0.2) is 56.7 Å². The van der Waals surface area contributed by atoms with Crippen molar-refractivity contribution >= 4 is 17.5 Å². The van der Waals surface area contributed by atoms with Gasteiger partial charge in [0.15, 0.2) is 0 Å². The number of amides is 1. The molecule has 2 N–H and O–H groups in total. The van der Waals surface area contributed by atoms with E-state index in [0.29, 0.717) is 18.1 Å². The molecule has 0 radical (unpaired) electrons. The Morgan fingerprint density at radius 3 is 2.81 bits per heavy atom. The molecular formula is C15H22ClN3O2. The fourth-order valence-electron chi connectivity index (χ4n) is 2.16. The Morgan fingerprint density at radius 1 is 1.29 bits per heavy atom. The van der Waals surface area contributed by atoms with Gasteiger partial charge in [-0.05, 0) is 11.6 Å². The van der Waals surface area contributed by atoms with Crippen molar-refractivity contribution in [3.63, 3.8) is 0 Å². The van der Waals surface area contributed by atoms with E-state index in [0.717, 1.165) is 45.0 Å². The SMILES string of the molecule is O=C(CNCCN1CCOCC1)NCc1ccccc1Cl. The van der Waals surface area contributed by atoms with Crippen molar-refractivity contribution in [3.05, 3.63) is 34.9 Å². The molecule has 0 aliphatic carbocycles. The van der Waals surface area contributed by atoms with Crippen LogP contribution in [0.5, 0.6) is 0 Å². The maximum Gasteiger partial charge on any atom is 0.234 e. The highest BCUT2D eigenvalue weighted by Gasteiger charge is 2.09. The molecule has 21 heavy (non-hydrogen) atoms. The molecule has 1 aliphatic rings. The van der Waals surface area contributed by atoms with Crippen LogP contribution in [0.1, 0.15) is 5.56 Å². The van der Waals surface area contributed by atoms with E-state index in [2.05, 4.69) is 15.5 Å². The average molecular weight is 312 g/mol. The molecule has 1 aliphatic heterocycles. The lowest BCUT2D eigenvalue weighted by molar-refractivity contribution is -0.120. The molecule has 6 heteroatoms. The summed E-state index contributed by atoms with van der Waals surface area (Å²) in [6.45, 7) is 6.09. The molecule has 1 aromatic rings. The monoisotopic (exact) mass is 311 g/mol. The zero-order valence-corrected chi connectivity index (χ0v) is 12.9. The van der Waals surface area contributed by atoms with Crippen molar-refractivity contribution in [1.82, 2.24) is 15.5 Å². The molecule has 0 bridgehead atoms. The number of hydrogen-bond donors (Lipinski definition) is 2. The van der Waals surface area contributed by atoms with E-state index >= 15 is 0 Å². The second-order valence-electron chi connectivity index (χ2n) is 5.00. The van der Waals surface area contributed by atoms with E-state index in [-0.39, 0.29) is 5.91 Å². The highest BCUT2D eigenvalue weighted by molar-refractivity contribution is 6.31. The zero-order chi connectivity index (χ0) is 14.9. The number of carbonyl (C=O) groups excluding carboxylic acids is 1.